The first-order chi connectivity index (χ1) is 8.75. The molecule has 0 bridgehead atoms. The molecule has 0 fully saturated rings. The second-order valence-electron chi connectivity index (χ2n) is 4.96. The molecule has 2 aromatic carbocycles. The molecule has 1 aliphatic heterocycles. The Bertz CT molecular complexity index is 623. The summed E-state index contributed by atoms with van der Waals surface area (Å²) in [7, 11) is 0. The molecule has 0 aromatic heterocycles. The summed E-state index contributed by atoms with van der Waals surface area (Å²) in [4.78, 5) is 4.76. The molecule has 3 rings (SSSR count). The van der Waals surface area contributed by atoms with E-state index in [1.54, 1.807) is 0 Å². The third-order valence-electron chi connectivity index (χ3n) is 3.54. The lowest BCUT2D eigenvalue weighted by Crippen LogP contribution is -2.15. The molecule has 0 aliphatic carbocycles. The number of rotatable bonds is 1. The monoisotopic (exact) mass is 235 g/mol. The highest BCUT2D eigenvalue weighted by Gasteiger charge is 2.17. The Hall–Kier alpha value is -1.89. The Morgan fingerprint density at radius 1 is 1.00 bits per heavy atom. The molecule has 90 valence electrons. The first kappa shape index (κ1) is 11.2. The molecule has 0 saturated heterocycles. The quantitative estimate of drug-likeness (QED) is 0.714. The van der Waals surface area contributed by atoms with E-state index in [1.807, 2.05) is 0 Å². The third-order valence-corrected chi connectivity index (χ3v) is 3.54. The Kier molecular flexibility index (Phi) is 2.75. The van der Waals surface area contributed by atoms with Crippen molar-refractivity contribution in [2.75, 3.05) is 6.54 Å². The van der Waals surface area contributed by atoms with Gasteiger partial charge in [0.05, 0.1) is 5.71 Å². The minimum Gasteiger partial charge on any atom is -0.284 e. The van der Waals surface area contributed by atoms with Crippen LogP contribution in [0.15, 0.2) is 47.5 Å². The summed E-state index contributed by atoms with van der Waals surface area (Å²) >= 11 is 0. The van der Waals surface area contributed by atoms with Gasteiger partial charge >= 0.3 is 0 Å². The lowest BCUT2D eigenvalue weighted by Gasteiger charge is -2.19. The number of benzene rings is 2. The standard InChI is InChI=1S/C17H17N/c1-12-5-3-8-15(11-12)17-16-13(2)6-4-7-14(16)9-10-18-17/h3-8,11H,9-10H2,1-2H3. The van der Waals surface area contributed by atoms with Gasteiger partial charge in [0.25, 0.3) is 0 Å². The van der Waals surface area contributed by atoms with E-state index in [-0.39, 0.29) is 0 Å². The predicted octanol–water partition coefficient (Wildman–Crippen LogP) is 3.70. The van der Waals surface area contributed by atoms with Crippen LogP contribution in [-0.4, -0.2) is 12.3 Å². The first-order valence-corrected chi connectivity index (χ1v) is 6.46. The number of aliphatic imine (C=N–C) groups is 1. The molecule has 0 amide bonds. The van der Waals surface area contributed by atoms with Crippen molar-refractivity contribution >= 4 is 5.71 Å². The molecule has 0 unspecified atom stereocenters. The molecular weight excluding hydrogens is 218 g/mol. The average Bonchev–Trinajstić information content (AvgIpc) is 2.38. The van der Waals surface area contributed by atoms with Crippen LogP contribution >= 0.6 is 0 Å². The van der Waals surface area contributed by atoms with Gasteiger partial charge in [-0.15, -0.1) is 0 Å². The number of nitrogens with zero attached hydrogens (tertiary/aromatic N) is 1. The molecule has 1 heteroatoms. The number of fused-ring (bicyclic) bond motifs is 1. The van der Waals surface area contributed by atoms with Crippen LogP contribution in [-0.2, 0) is 6.42 Å². The van der Waals surface area contributed by atoms with Gasteiger partial charge in [0.15, 0.2) is 0 Å². The molecule has 0 radical (unpaired) electrons. The van der Waals surface area contributed by atoms with Gasteiger partial charge in [-0.25, -0.2) is 0 Å². The van der Waals surface area contributed by atoms with Crippen molar-refractivity contribution in [1.82, 2.24) is 0 Å². The fraction of sp³-hybridized carbons (Fsp3) is 0.235. The van der Waals surface area contributed by atoms with Gasteiger partial charge in [0.2, 0.25) is 0 Å². The Labute approximate surface area is 108 Å². The van der Waals surface area contributed by atoms with E-state index >= 15 is 0 Å². The molecule has 0 N–H and O–H groups in total. The second-order valence-corrected chi connectivity index (χ2v) is 4.96. The van der Waals surface area contributed by atoms with E-state index in [1.165, 1.54) is 27.8 Å². The van der Waals surface area contributed by atoms with Crippen LogP contribution in [0.25, 0.3) is 0 Å². The van der Waals surface area contributed by atoms with E-state index in [4.69, 9.17) is 4.99 Å². The van der Waals surface area contributed by atoms with Crippen molar-refractivity contribution in [3.8, 4) is 0 Å². The summed E-state index contributed by atoms with van der Waals surface area (Å²) in [6.45, 7) is 5.21. The van der Waals surface area contributed by atoms with E-state index in [0.29, 0.717) is 0 Å². The van der Waals surface area contributed by atoms with Crippen LogP contribution in [0.2, 0.25) is 0 Å². The maximum atomic E-state index is 4.76. The predicted molar refractivity (Wildman–Crippen MR) is 76.6 cm³/mol. The van der Waals surface area contributed by atoms with Gasteiger partial charge < -0.3 is 0 Å². The van der Waals surface area contributed by atoms with Crippen molar-refractivity contribution in [1.29, 1.82) is 0 Å². The zero-order valence-electron chi connectivity index (χ0n) is 10.9. The van der Waals surface area contributed by atoms with E-state index in [0.717, 1.165) is 18.7 Å². The van der Waals surface area contributed by atoms with Crippen molar-refractivity contribution in [2.45, 2.75) is 20.3 Å². The lowest BCUT2D eigenvalue weighted by atomic mass is 9.89. The molecule has 1 nitrogen and oxygen atoms in total. The van der Waals surface area contributed by atoms with Crippen molar-refractivity contribution in [3.63, 3.8) is 0 Å². The number of hydrogen-bond donors (Lipinski definition) is 0. The van der Waals surface area contributed by atoms with Gasteiger partial charge in [0.1, 0.15) is 0 Å². The van der Waals surface area contributed by atoms with Crippen molar-refractivity contribution in [3.05, 3.63) is 70.3 Å². The molecule has 1 aliphatic rings. The smallest absolute Gasteiger partial charge is 0.0724 e. The Morgan fingerprint density at radius 3 is 2.67 bits per heavy atom. The van der Waals surface area contributed by atoms with E-state index in [9.17, 15) is 0 Å². The van der Waals surface area contributed by atoms with Gasteiger partial charge in [-0.1, -0.05) is 42.0 Å². The highest BCUT2D eigenvalue weighted by atomic mass is 14.7. The summed E-state index contributed by atoms with van der Waals surface area (Å²) in [6, 6.07) is 15.2. The minimum absolute atomic E-state index is 0.903. The average molecular weight is 235 g/mol. The van der Waals surface area contributed by atoms with Crippen LogP contribution in [0.5, 0.6) is 0 Å². The molecule has 2 aromatic rings. The highest BCUT2D eigenvalue weighted by Crippen LogP contribution is 2.24. The normalized spacial score (nSPS) is 14.0. The zero-order valence-corrected chi connectivity index (χ0v) is 10.9. The fourth-order valence-electron chi connectivity index (χ4n) is 2.67. The van der Waals surface area contributed by atoms with Crippen LogP contribution in [0.4, 0.5) is 0 Å². The van der Waals surface area contributed by atoms with E-state index in [2.05, 4.69) is 56.3 Å². The van der Waals surface area contributed by atoms with E-state index < -0.39 is 0 Å². The van der Waals surface area contributed by atoms with Crippen molar-refractivity contribution < 1.29 is 0 Å². The SMILES string of the molecule is Cc1cccc(C2=NCCc3cccc(C)c32)c1. The first-order valence-electron chi connectivity index (χ1n) is 6.46. The molecule has 0 spiro atoms. The number of hydrogen-bond acceptors (Lipinski definition) is 1. The van der Waals surface area contributed by atoms with Gasteiger partial charge in [-0.05, 0) is 37.5 Å². The van der Waals surface area contributed by atoms with Crippen LogP contribution < -0.4 is 0 Å². The summed E-state index contributed by atoms with van der Waals surface area (Å²) in [6.07, 6.45) is 1.06. The lowest BCUT2D eigenvalue weighted by molar-refractivity contribution is 0.940. The molecule has 0 atom stereocenters. The maximum Gasteiger partial charge on any atom is 0.0724 e. The summed E-state index contributed by atoms with van der Waals surface area (Å²) in [5, 5.41) is 0. The topological polar surface area (TPSA) is 12.4 Å². The third kappa shape index (κ3) is 1.86. The minimum atomic E-state index is 0.903. The zero-order chi connectivity index (χ0) is 12.5. The van der Waals surface area contributed by atoms with Crippen LogP contribution in [0.1, 0.15) is 27.8 Å². The van der Waals surface area contributed by atoms with Gasteiger partial charge in [-0.3, -0.25) is 4.99 Å². The largest absolute Gasteiger partial charge is 0.284 e. The van der Waals surface area contributed by atoms with Gasteiger partial charge in [-0.2, -0.15) is 0 Å². The Balaban J connectivity index is 2.18. The summed E-state index contributed by atoms with van der Waals surface area (Å²) < 4.78 is 0. The summed E-state index contributed by atoms with van der Waals surface area (Å²) in [5.41, 5.74) is 7.79. The van der Waals surface area contributed by atoms with Crippen LogP contribution in [0.3, 0.4) is 0 Å². The summed E-state index contributed by atoms with van der Waals surface area (Å²) in [5.74, 6) is 0. The van der Waals surface area contributed by atoms with Crippen molar-refractivity contribution in [2.24, 2.45) is 4.99 Å². The fourth-order valence-corrected chi connectivity index (χ4v) is 2.67. The molecule has 0 saturated carbocycles. The molecule has 1 heterocycles. The maximum absolute atomic E-state index is 4.76. The Morgan fingerprint density at radius 2 is 1.83 bits per heavy atom. The highest BCUT2D eigenvalue weighted by molar-refractivity contribution is 6.15. The van der Waals surface area contributed by atoms with Gasteiger partial charge in [0, 0.05) is 17.7 Å². The van der Waals surface area contributed by atoms with Crippen LogP contribution in [0, 0.1) is 13.8 Å². The number of aryl methyl sites for hydroxylation is 2. The molecular formula is C17H17N. The second kappa shape index (κ2) is 4.41. The molecule has 18 heavy (non-hydrogen) atoms.